The third kappa shape index (κ3) is 4.08. The van der Waals surface area contributed by atoms with E-state index in [0.29, 0.717) is 13.0 Å². The number of ether oxygens (including phenoxy) is 3. The van der Waals surface area contributed by atoms with Crippen molar-refractivity contribution in [1.82, 2.24) is 0 Å². The van der Waals surface area contributed by atoms with Crippen LogP contribution in [0.3, 0.4) is 0 Å². The first kappa shape index (κ1) is 10.6. The van der Waals surface area contributed by atoms with Gasteiger partial charge in [-0.25, -0.2) is 0 Å². The van der Waals surface area contributed by atoms with E-state index < -0.39 is 6.29 Å². The predicted octanol–water partition coefficient (Wildman–Crippen LogP) is 0.211. The van der Waals surface area contributed by atoms with Gasteiger partial charge in [0.15, 0.2) is 5.78 Å². The second kappa shape index (κ2) is 6.27. The maximum absolute atomic E-state index is 11.0. The lowest BCUT2D eigenvalue weighted by atomic mass is 10.3. The Kier molecular flexibility index (Phi) is 6.02. The Bertz CT molecular complexity index is 109. The molecule has 0 heterocycles. The van der Waals surface area contributed by atoms with Gasteiger partial charge in [0.1, 0.15) is 0 Å². The average molecular weight is 162 g/mol. The Hall–Kier alpha value is -0.450. The zero-order valence-corrected chi connectivity index (χ0v) is 7.12. The van der Waals surface area contributed by atoms with E-state index in [1.54, 1.807) is 7.11 Å². The third-order valence-electron chi connectivity index (χ3n) is 1.24. The van der Waals surface area contributed by atoms with Gasteiger partial charge in [0.05, 0.1) is 6.61 Å². The van der Waals surface area contributed by atoms with E-state index in [2.05, 4.69) is 0 Å². The number of hydrogen-bond acceptors (Lipinski definition) is 4. The van der Waals surface area contributed by atoms with Crippen molar-refractivity contribution in [2.24, 2.45) is 0 Å². The lowest BCUT2D eigenvalue weighted by Crippen LogP contribution is -2.25. The van der Waals surface area contributed by atoms with Crippen LogP contribution >= 0.6 is 0 Å². The maximum atomic E-state index is 11.0. The van der Waals surface area contributed by atoms with E-state index in [1.807, 2.05) is 0 Å². The standard InChI is InChI=1S/C7H14O4/c1-9-5-4-6(8)7(10-2)11-3/h7H,4-5H2,1-3H3. The Labute approximate surface area is 66.4 Å². The summed E-state index contributed by atoms with van der Waals surface area (Å²) in [6, 6.07) is 0. The first-order chi connectivity index (χ1) is 5.26. The molecule has 0 saturated heterocycles. The Morgan fingerprint density at radius 3 is 2.18 bits per heavy atom. The van der Waals surface area contributed by atoms with Crippen molar-refractivity contribution in [3.05, 3.63) is 0 Å². The van der Waals surface area contributed by atoms with Crippen LogP contribution in [0.5, 0.6) is 0 Å². The van der Waals surface area contributed by atoms with Gasteiger partial charge in [-0.1, -0.05) is 0 Å². The molecule has 0 amide bonds. The summed E-state index contributed by atoms with van der Waals surface area (Å²) >= 11 is 0. The summed E-state index contributed by atoms with van der Waals surface area (Å²) in [5.74, 6) is -0.100. The smallest absolute Gasteiger partial charge is 0.217 e. The van der Waals surface area contributed by atoms with Gasteiger partial charge in [-0.05, 0) is 0 Å². The molecule has 0 spiro atoms. The summed E-state index contributed by atoms with van der Waals surface area (Å²) in [5, 5.41) is 0. The fraction of sp³-hybridized carbons (Fsp3) is 0.857. The van der Waals surface area contributed by atoms with Gasteiger partial charge in [0.2, 0.25) is 6.29 Å². The summed E-state index contributed by atoms with van der Waals surface area (Å²) in [7, 11) is 4.40. The monoisotopic (exact) mass is 162 g/mol. The molecule has 0 rings (SSSR count). The van der Waals surface area contributed by atoms with E-state index in [9.17, 15) is 4.79 Å². The van der Waals surface area contributed by atoms with Crippen molar-refractivity contribution in [2.45, 2.75) is 12.7 Å². The summed E-state index contributed by atoms with van der Waals surface area (Å²) in [5.41, 5.74) is 0. The van der Waals surface area contributed by atoms with Crippen LogP contribution in [0.1, 0.15) is 6.42 Å². The van der Waals surface area contributed by atoms with Crippen LogP contribution in [0.2, 0.25) is 0 Å². The van der Waals surface area contributed by atoms with E-state index >= 15 is 0 Å². The molecule has 0 aliphatic rings. The van der Waals surface area contributed by atoms with Crippen molar-refractivity contribution in [3.63, 3.8) is 0 Å². The molecule has 66 valence electrons. The molecule has 0 aromatic rings. The third-order valence-corrected chi connectivity index (χ3v) is 1.24. The molecule has 0 fully saturated rings. The molecule has 0 radical (unpaired) electrons. The van der Waals surface area contributed by atoms with E-state index in [1.165, 1.54) is 14.2 Å². The van der Waals surface area contributed by atoms with E-state index in [-0.39, 0.29) is 5.78 Å². The zero-order valence-electron chi connectivity index (χ0n) is 7.12. The van der Waals surface area contributed by atoms with Crippen LogP contribution in [-0.2, 0) is 19.0 Å². The number of hydrogen-bond donors (Lipinski definition) is 0. The molecule has 0 N–H and O–H groups in total. The fourth-order valence-corrected chi connectivity index (χ4v) is 0.680. The van der Waals surface area contributed by atoms with Gasteiger partial charge >= 0.3 is 0 Å². The molecule has 4 heteroatoms. The highest BCUT2D eigenvalue weighted by molar-refractivity contribution is 5.81. The van der Waals surface area contributed by atoms with Crippen LogP contribution in [0.25, 0.3) is 0 Å². The van der Waals surface area contributed by atoms with Gasteiger partial charge < -0.3 is 14.2 Å². The van der Waals surface area contributed by atoms with E-state index in [0.717, 1.165) is 0 Å². The lowest BCUT2D eigenvalue weighted by Gasteiger charge is -2.10. The minimum Gasteiger partial charge on any atom is -0.384 e. The molecular formula is C7H14O4. The molecular weight excluding hydrogens is 148 g/mol. The normalized spacial score (nSPS) is 10.5. The maximum Gasteiger partial charge on any atom is 0.217 e. The molecule has 0 aliphatic heterocycles. The molecule has 0 aromatic heterocycles. The number of carbonyl (C=O) groups is 1. The van der Waals surface area contributed by atoms with Crippen LogP contribution in [0.15, 0.2) is 0 Å². The number of rotatable bonds is 6. The summed E-state index contributed by atoms with van der Waals surface area (Å²) in [4.78, 5) is 11.0. The van der Waals surface area contributed by atoms with Gasteiger partial charge in [-0.3, -0.25) is 4.79 Å². The van der Waals surface area contributed by atoms with Gasteiger partial charge in [-0.15, -0.1) is 0 Å². The van der Waals surface area contributed by atoms with Crippen LogP contribution in [0, 0.1) is 0 Å². The Morgan fingerprint density at radius 1 is 1.27 bits per heavy atom. The van der Waals surface area contributed by atoms with Gasteiger partial charge in [0.25, 0.3) is 0 Å². The lowest BCUT2D eigenvalue weighted by molar-refractivity contribution is -0.157. The zero-order chi connectivity index (χ0) is 8.69. The van der Waals surface area contributed by atoms with Crippen molar-refractivity contribution in [3.8, 4) is 0 Å². The van der Waals surface area contributed by atoms with Crippen molar-refractivity contribution >= 4 is 5.78 Å². The number of ketones is 1. The van der Waals surface area contributed by atoms with E-state index in [4.69, 9.17) is 14.2 Å². The summed E-state index contributed by atoms with van der Waals surface area (Å²) < 4.78 is 14.2. The molecule has 0 saturated carbocycles. The van der Waals surface area contributed by atoms with Gasteiger partial charge in [-0.2, -0.15) is 0 Å². The van der Waals surface area contributed by atoms with Crippen LogP contribution < -0.4 is 0 Å². The minimum absolute atomic E-state index is 0.100. The predicted molar refractivity (Wildman–Crippen MR) is 39.3 cm³/mol. The SMILES string of the molecule is COCCC(=O)C(OC)OC. The van der Waals surface area contributed by atoms with Crippen molar-refractivity contribution in [2.75, 3.05) is 27.9 Å². The topological polar surface area (TPSA) is 44.8 Å². The molecule has 11 heavy (non-hydrogen) atoms. The molecule has 4 nitrogen and oxygen atoms in total. The average Bonchev–Trinajstić information content (AvgIpc) is 2.03. The second-order valence-corrected chi connectivity index (χ2v) is 2.01. The highest BCUT2D eigenvalue weighted by Crippen LogP contribution is 1.96. The molecule has 0 aliphatic carbocycles. The Balaban J connectivity index is 3.61. The quantitative estimate of drug-likeness (QED) is 0.524. The largest absolute Gasteiger partial charge is 0.384 e. The number of carbonyl (C=O) groups excluding carboxylic acids is 1. The number of methoxy groups -OCH3 is 3. The Morgan fingerprint density at radius 2 is 1.82 bits per heavy atom. The highest BCUT2D eigenvalue weighted by atomic mass is 16.7. The fourth-order valence-electron chi connectivity index (χ4n) is 0.680. The van der Waals surface area contributed by atoms with Crippen LogP contribution in [0.4, 0.5) is 0 Å². The number of Topliss-reactive ketones (excluding diaryl/α,β-unsaturated/α-hetero) is 1. The van der Waals surface area contributed by atoms with Crippen molar-refractivity contribution in [1.29, 1.82) is 0 Å². The highest BCUT2D eigenvalue weighted by Gasteiger charge is 2.15. The summed E-state index contributed by atoms with van der Waals surface area (Å²) in [6.45, 7) is 0.405. The molecule has 0 atom stereocenters. The minimum atomic E-state index is -0.745. The first-order valence-corrected chi connectivity index (χ1v) is 3.33. The molecule has 0 unspecified atom stereocenters. The first-order valence-electron chi connectivity index (χ1n) is 3.33. The van der Waals surface area contributed by atoms with Crippen LogP contribution in [-0.4, -0.2) is 40.0 Å². The molecule has 0 aromatic carbocycles. The van der Waals surface area contributed by atoms with Crippen molar-refractivity contribution < 1.29 is 19.0 Å². The van der Waals surface area contributed by atoms with Gasteiger partial charge in [0, 0.05) is 27.8 Å². The molecule has 0 bridgehead atoms. The second-order valence-electron chi connectivity index (χ2n) is 2.01. The summed E-state index contributed by atoms with van der Waals surface area (Å²) in [6.07, 6.45) is -0.423.